The fourth-order valence-corrected chi connectivity index (χ4v) is 1.73. The molecule has 2 heterocycles. The Morgan fingerprint density at radius 1 is 1.36 bits per heavy atom. The summed E-state index contributed by atoms with van der Waals surface area (Å²) in [4.78, 5) is 0. The van der Waals surface area contributed by atoms with Gasteiger partial charge in [-0.1, -0.05) is 16.8 Å². The maximum Gasteiger partial charge on any atom is 0.198 e. The van der Waals surface area contributed by atoms with Crippen molar-refractivity contribution >= 4 is 17.2 Å². The first-order chi connectivity index (χ1) is 6.77. The maximum absolute atomic E-state index is 5.94. The van der Waals surface area contributed by atoms with Crippen molar-refractivity contribution in [3.8, 4) is 0 Å². The van der Waals surface area contributed by atoms with Crippen molar-refractivity contribution < 1.29 is 0 Å². The van der Waals surface area contributed by atoms with E-state index in [1.165, 1.54) is 0 Å². The van der Waals surface area contributed by atoms with Crippen molar-refractivity contribution in [3.63, 3.8) is 0 Å². The van der Waals surface area contributed by atoms with Crippen molar-refractivity contribution in [1.29, 1.82) is 0 Å². The van der Waals surface area contributed by atoms with Crippen LogP contribution in [0.1, 0.15) is 13.8 Å². The van der Waals surface area contributed by atoms with Crippen molar-refractivity contribution in [1.82, 2.24) is 19.5 Å². The van der Waals surface area contributed by atoms with Crippen LogP contribution in [-0.2, 0) is 0 Å². The summed E-state index contributed by atoms with van der Waals surface area (Å²) < 4.78 is 3.64. The van der Waals surface area contributed by atoms with Gasteiger partial charge in [-0.15, -0.1) is 5.10 Å². The number of aromatic nitrogens is 4. The van der Waals surface area contributed by atoms with Gasteiger partial charge in [0.2, 0.25) is 0 Å². The minimum Gasteiger partial charge on any atom is -0.312 e. The van der Waals surface area contributed by atoms with Crippen LogP contribution in [0.15, 0.2) is 12.4 Å². The zero-order valence-electron chi connectivity index (χ0n) is 8.18. The molecule has 14 heavy (non-hydrogen) atoms. The molecule has 0 aliphatic carbocycles. The quantitative estimate of drug-likeness (QED) is 0.768. The van der Waals surface area contributed by atoms with Crippen LogP contribution in [0.5, 0.6) is 0 Å². The maximum atomic E-state index is 5.94. The van der Waals surface area contributed by atoms with Crippen LogP contribution >= 0.6 is 11.6 Å². The van der Waals surface area contributed by atoms with Crippen molar-refractivity contribution in [2.75, 3.05) is 18.1 Å². The minimum absolute atomic E-state index is 0.432. The van der Waals surface area contributed by atoms with Gasteiger partial charge in [0.15, 0.2) is 10.8 Å². The number of fused-ring (bicyclic) bond motifs is 1. The zero-order valence-corrected chi connectivity index (χ0v) is 8.94. The largest absolute Gasteiger partial charge is 0.312 e. The first-order valence-corrected chi connectivity index (χ1v) is 4.98. The second kappa shape index (κ2) is 3.49. The molecule has 0 amide bonds. The molecule has 0 radical (unpaired) electrons. The van der Waals surface area contributed by atoms with Crippen LogP contribution in [-0.4, -0.2) is 32.6 Å². The Balaban J connectivity index is 2.55. The molecular weight excluding hydrogens is 202 g/mol. The molecule has 0 spiro atoms. The Labute approximate surface area is 86.8 Å². The Kier molecular flexibility index (Phi) is 2.33. The fourth-order valence-electron chi connectivity index (χ4n) is 1.52. The normalized spacial score (nSPS) is 11.1. The lowest BCUT2D eigenvalue weighted by Gasteiger charge is -2.22. The SMILES string of the molecule is CCN(CC)n1ccn2nnc(Cl)c12. The summed E-state index contributed by atoms with van der Waals surface area (Å²) in [6.45, 7) is 6.03. The molecule has 2 rings (SSSR count). The Bertz CT molecular complexity index is 428. The molecule has 0 aliphatic rings. The van der Waals surface area contributed by atoms with Gasteiger partial charge in [0, 0.05) is 19.3 Å². The lowest BCUT2D eigenvalue weighted by molar-refractivity contribution is 0.636. The van der Waals surface area contributed by atoms with E-state index in [4.69, 9.17) is 11.6 Å². The van der Waals surface area contributed by atoms with Gasteiger partial charge in [-0.3, -0.25) is 0 Å². The number of nitrogens with zero attached hydrogens (tertiary/aromatic N) is 5. The van der Waals surface area contributed by atoms with Gasteiger partial charge >= 0.3 is 0 Å². The van der Waals surface area contributed by atoms with Crippen LogP contribution in [0.2, 0.25) is 5.15 Å². The van der Waals surface area contributed by atoms with E-state index in [9.17, 15) is 0 Å². The minimum atomic E-state index is 0.432. The Hall–Kier alpha value is -1.23. The number of hydrogen-bond donors (Lipinski definition) is 0. The molecule has 2 aromatic rings. The molecule has 0 bridgehead atoms. The Morgan fingerprint density at radius 2 is 2.07 bits per heavy atom. The highest BCUT2D eigenvalue weighted by Crippen LogP contribution is 2.14. The number of rotatable bonds is 3. The van der Waals surface area contributed by atoms with Gasteiger partial charge in [0.25, 0.3) is 0 Å². The van der Waals surface area contributed by atoms with Crippen LogP contribution in [0.25, 0.3) is 5.65 Å². The molecule has 0 saturated carbocycles. The number of imidazole rings is 1. The molecule has 0 aliphatic heterocycles. The smallest absolute Gasteiger partial charge is 0.198 e. The molecule has 2 aromatic heterocycles. The summed E-state index contributed by atoms with van der Waals surface area (Å²) in [5, 5.41) is 10.3. The summed E-state index contributed by atoms with van der Waals surface area (Å²) in [5.41, 5.74) is 0.815. The molecule has 5 nitrogen and oxygen atoms in total. The van der Waals surface area contributed by atoms with Gasteiger partial charge in [0.05, 0.1) is 6.20 Å². The molecule has 0 unspecified atom stereocenters. The summed E-state index contributed by atoms with van der Waals surface area (Å²) in [6.07, 6.45) is 3.77. The molecule has 76 valence electrons. The standard InChI is InChI=1S/C8H12ClN5/c1-3-12(4-2)14-6-5-13-8(14)7(9)10-11-13/h5-6H,3-4H2,1-2H3. The summed E-state index contributed by atoms with van der Waals surface area (Å²) in [6, 6.07) is 0. The summed E-state index contributed by atoms with van der Waals surface area (Å²) in [5.74, 6) is 0. The van der Waals surface area contributed by atoms with Gasteiger partial charge in [0.1, 0.15) is 0 Å². The first kappa shape index (κ1) is 9.33. The lowest BCUT2D eigenvalue weighted by atomic mass is 10.6. The molecule has 0 N–H and O–H groups in total. The van der Waals surface area contributed by atoms with Gasteiger partial charge in [-0.2, -0.15) is 4.52 Å². The molecule has 0 saturated heterocycles. The first-order valence-electron chi connectivity index (χ1n) is 4.61. The van der Waals surface area contributed by atoms with E-state index in [1.54, 1.807) is 4.52 Å². The van der Waals surface area contributed by atoms with E-state index in [-0.39, 0.29) is 0 Å². The van der Waals surface area contributed by atoms with E-state index in [2.05, 4.69) is 29.2 Å². The van der Waals surface area contributed by atoms with Crippen molar-refractivity contribution in [3.05, 3.63) is 17.5 Å². The number of halogens is 1. The van der Waals surface area contributed by atoms with Crippen LogP contribution in [0.3, 0.4) is 0 Å². The van der Waals surface area contributed by atoms with E-state index < -0.39 is 0 Å². The lowest BCUT2D eigenvalue weighted by Crippen LogP contribution is -2.33. The Morgan fingerprint density at radius 3 is 2.71 bits per heavy atom. The molecule has 0 atom stereocenters. The van der Waals surface area contributed by atoms with E-state index in [0.717, 1.165) is 18.7 Å². The predicted octanol–water partition coefficient (Wildman–Crippen LogP) is 1.16. The van der Waals surface area contributed by atoms with Crippen LogP contribution in [0.4, 0.5) is 0 Å². The van der Waals surface area contributed by atoms with E-state index >= 15 is 0 Å². The second-order valence-electron chi connectivity index (χ2n) is 2.93. The molecule has 0 fully saturated rings. The molecular formula is C8H12ClN5. The van der Waals surface area contributed by atoms with Gasteiger partial charge < -0.3 is 5.01 Å². The van der Waals surface area contributed by atoms with Crippen molar-refractivity contribution in [2.45, 2.75) is 13.8 Å². The third-order valence-electron chi connectivity index (χ3n) is 2.23. The highest BCUT2D eigenvalue weighted by molar-refractivity contribution is 6.32. The average Bonchev–Trinajstić information content (AvgIpc) is 2.74. The van der Waals surface area contributed by atoms with Gasteiger partial charge in [-0.05, 0) is 13.8 Å². The zero-order chi connectivity index (χ0) is 10.1. The highest BCUT2D eigenvalue weighted by atomic mass is 35.5. The van der Waals surface area contributed by atoms with Crippen molar-refractivity contribution in [2.24, 2.45) is 0 Å². The van der Waals surface area contributed by atoms with E-state index in [0.29, 0.717) is 5.15 Å². The average molecular weight is 214 g/mol. The summed E-state index contributed by atoms with van der Waals surface area (Å²) in [7, 11) is 0. The number of hydrogen-bond acceptors (Lipinski definition) is 3. The second-order valence-corrected chi connectivity index (χ2v) is 3.29. The topological polar surface area (TPSA) is 38.4 Å². The molecule has 0 aromatic carbocycles. The van der Waals surface area contributed by atoms with E-state index in [1.807, 2.05) is 17.1 Å². The fraction of sp³-hybridized carbons (Fsp3) is 0.500. The predicted molar refractivity (Wildman–Crippen MR) is 55.3 cm³/mol. The third kappa shape index (κ3) is 1.24. The van der Waals surface area contributed by atoms with Crippen LogP contribution in [0, 0.1) is 0 Å². The third-order valence-corrected chi connectivity index (χ3v) is 2.48. The van der Waals surface area contributed by atoms with Gasteiger partial charge in [-0.25, -0.2) is 4.68 Å². The molecule has 6 heteroatoms. The highest BCUT2D eigenvalue weighted by Gasteiger charge is 2.11. The van der Waals surface area contributed by atoms with Crippen LogP contribution < -0.4 is 5.01 Å². The summed E-state index contributed by atoms with van der Waals surface area (Å²) >= 11 is 5.94. The monoisotopic (exact) mass is 213 g/mol.